The second-order valence-corrected chi connectivity index (χ2v) is 7.26. The maximum Gasteiger partial charge on any atom is 0.435 e. The van der Waals surface area contributed by atoms with Crippen LogP contribution in [0.4, 0.5) is 30.7 Å². The molecule has 32 heavy (non-hydrogen) atoms. The highest BCUT2D eigenvalue weighted by Crippen LogP contribution is 2.53. The van der Waals surface area contributed by atoms with Crippen LogP contribution in [-0.4, -0.2) is 35.2 Å². The minimum Gasteiger partial charge on any atom is -0.364 e. The van der Waals surface area contributed by atoms with Gasteiger partial charge in [0.15, 0.2) is 0 Å². The van der Waals surface area contributed by atoms with E-state index in [0.717, 1.165) is 19.2 Å². The molecule has 0 aliphatic heterocycles. The van der Waals surface area contributed by atoms with E-state index in [9.17, 15) is 40.3 Å². The molecule has 2 aromatic rings. The number of carbonyl (C=O) groups is 2. The summed E-state index contributed by atoms with van der Waals surface area (Å²) in [5, 5.41) is 2.55. The molecule has 2 amide bonds. The number of aromatic nitrogens is 1. The predicted octanol–water partition coefficient (Wildman–Crippen LogP) is 4.58. The first kappa shape index (κ1) is 25.1. The Hall–Kier alpha value is -3.18. The van der Waals surface area contributed by atoms with E-state index >= 15 is 0 Å². The van der Waals surface area contributed by atoms with Crippen LogP contribution in [0.25, 0.3) is 11.1 Å². The summed E-state index contributed by atoms with van der Waals surface area (Å²) in [5.41, 5.74) is -3.19. The van der Waals surface area contributed by atoms with Crippen LogP contribution in [0.1, 0.15) is 45.8 Å². The van der Waals surface area contributed by atoms with Crippen molar-refractivity contribution in [3.63, 3.8) is 0 Å². The zero-order valence-electron chi connectivity index (χ0n) is 17.0. The zero-order valence-corrected chi connectivity index (χ0v) is 17.0. The summed E-state index contributed by atoms with van der Waals surface area (Å²) in [6.45, 7) is 4.39. The average molecular weight is 465 g/mol. The number of carbonyl (C=O) groups excluding carboxylic acids is 2. The number of pyridine rings is 1. The van der Waals surface area contributed by atoms with Crippen LogP contribution in [0.15, 0.2) is 30.5 Å². The first-order valence-electron chi connectivity index (χ1n) is 9.06. The normalized spacial score (nSPS) is 12.7. The SMILES string of the molecule is Cc1cc(C(F)(C(F)(F)F)C(F)(F)F)ccc1-c1c(C(=O)NC(C)C)ccnc1C(N)=O. The lowest BCUT2D eigenvalue weighted by Crippen LogP contribution is -2.50. The molecule has 0 fully saturated rings. The van der Waals surface area contributed by atoms with Crippen molar-refractivity contribution in [2.75, 3.05) is 0 Å². The van der Waals surface area contributed by atoms with Gasteiger partial charge in [0.2, 0.25) is 0 Å². The van der Waals surface area contributed by atoms with E-state index in [2.05, 4.69) is 10.3 Å². The molecule has 0 radical (unpaired) electrons. The maximum atomic E-state index is 14.4. The smallest absolute Gasteiger partial charge is 0.364 e. The average Bonchev–Trinajstić information content (AvgIpc) is 2.64. The quantitative estimate of drug-likeness (QED) is 0.634. The molecule has 0 aliphatic carbocycles. The van der Waals surface area contributed by atoms with Crippen molar-refractivity contribution in [1.29, 1.82) is 0 Å². The molecule has 5 nitrogen and oxygen atoms in total. The lowest BCUT2D eigenvalue weighted by Gasteiger charge is -2.30. The van der Waals surface area contributed by atoms with Crippen LogP contribution in [-0.2, 0) is 5.67 Å². The number of nitrogens with two attached hydrogens (primary N) is 1. The van der Waals surface area contributed by atoms with Gasteiger partial charge in [0.05, 0.1) is 5.56 Å². The van der Waals surface area contributed by atoms with Crippen molar-refractivity contribution in [2.24, 2.45) is 5.73 Å². The Morgan fingerprint density at radius 3 is 2.00 bits per heavy atom. The van der Waals surface area contributed by atoms with Crippen molar-refractivity contribution in [1.82, 2.24) is 10.3 Å². The molecule has 1 heterocycles. The number of alkyl halides is 7. The van der Waals surface area contributed by atoms with Gasteiger partial charge in [-0.05, 0) is 38.0 Å². The molecule has 0 bridgehead atoms. The van der Waals surface area contributed by atoms with E-state index in [1.54, 1.807) is 13.8 Å². The van der Waals surface area contributed by atoms with Crippen molar-refractivity contribution < 1.29 is 40.3 Å². The van der Waals surface area contributed by atoms with Crippen molar-refractivity contribution in [2.45, 2.75) is 44.8 Å². The van der Waals surface area contributed by atoms with E-state index in [0.29, 0.717) is 12.1 Å². The number of hydrogen-bond donors (Lipinski definition) is 2. The summed E-state index contributed by atoms with van der Waals surface area (Å²) in [7, 11) is 0. The molecule has 1 aromatic heterocycles. The first-order valence-corrected chi connectivity index (χ1v) is 9.06. The molecular formula is C20H18F7N3O2. The Labute approximate surface area is 177 Å². The summed E-state index contributed by atoms with van der Waals surface area (Å²) in [6, 6.07) is 2.28. The van der Waals surface area contributed by atoms with E-state index in [-0.39, 0.29) is 28.3 Å². The molecule has 0 saturated heterocycles. The van der Waals surface area contributed by atoms with Gasteiger partial charge in [0.1, 0.15) is 5.69 Å². The highest BCUT2D eigenvalue weighted by atomic mass is 19.4. The fraction of sp³-hybridized carbons (Fsp3) is 0.350. The Morgan fingerprint density at radius 2 is 1.56 bits per heavy atom. The van der Waals surface area contributed by atoms with Crippen molar-refractivity contribution in [3.05, 3.63) is 52.8 Å². The van der Waals surface area contributed by atoms with Gasteiger partial charge in [-0.25, -0.2) is 4.39 Å². The molecular weight excluding hydrogens is 447 g/mol. The first-order chi connectivity index (χ1) is 14.5. The van der Waals surface area contributed by atoms with Gasteiger partial charge < -0.3 is 11.1 Å². The van der Waals surface area contributed by atoms with Crippen LogP contribution < -0.4 is 11.1 Å². The third-order valence-corrected chi connectivity index (χ3v) is 4.52. The Bertz CT molecular complexity index is 1030. The highest BCUT2D eigenvalue weighted by Gasteiger charge is 2.73. The fourth-order valence-corrected chi connectivity index (χ4v) is 3.10. The Balaban J connectivity index is 2.79. The van der Waals surface area contributed by atoms with E-state index in [1.165, 1.54) is 6.07 Å². The summed E-state index contributed by atoms with van der Waals surface area (Å²) >= 11 is 0. The van der Waals surface area contributed by atoms with Gasteiger partial charge in [-0.3, -0.25) is 14.6 Å². The predicted molar refractivity (Wildman–Crippen MR) is 100 cm³/mol. The van der Waals surface area contributed by atoms with Gasteiger partial charge in [0, 0.05) is 23.4 Å². The highest BCUT2D eigenvalue weighted by molar-refractivity contribution is 6.07. The van der Waals surface area contributed by atoms with Crippen LogP contribution >= 0.6 is 0 Å². The molecule has 174 valence electrons. The number of amides is 2. The molecule has 1 aromatic carbocycles. The molecule has 0 spiro atoms. The molecule has 2 rings (SSSR count). The fourth-order valence-electron chi connectivity index (χ4n) is 3.10. The van der Waals surface area contributed by atoms with Gasteiger partial charge in [-0.1, -0.05) is 18.2 Å². The molecule has 12 heteroatoms. The number of benzene rings is 1. The molecule has 0 unspecified atom stereocenters. The van der Waals surface area contributed by atoms with Crippen molar-refractivity contribution in [3.8, 4) is 11.1 Å². The van der Waals surface area contributed by atoms with Crippen molar-refractivity contribution >= 4 is 11.8 Å². The van der Waals surface area contributed by atoms with Crippen LogP contribution in [0.3, 0.4) is 0 Å². The third-order valence-electron chi connectivity index (χ3n) is 4.52. The number of nitrogens with zero attached hydrogens (tertiary/aromatic N) is 1. The minimum absolute atomic E-state index is 0.115. The van der Waals surface area contributed by atoms with E-state index < -0.39 is 41.1 Å². The van der Waals surface area contributed by atoms with Gasteiger partial charge in [-0.15, -0.1) is 0 Å². The standard InChI is InChI=1S/C20H18F7N3O2/c1-9(2)30-17(32)13-6-7-29-15(16(28)31)14(13)12-5-4-11(8-10(12)3)18(21,19(22,23)24)20(25,26)27/h4-9H,1-3H3,(H2,28,31)(H,30,32). The van der Waals surface area contributed by atoms with E-state index in [4.69, 9.17) is 5.73 Å². The Morgan fingerprint density at radius 1 is 1.00 bits per heavy atom. The van der Waals surface area contributed by atoms with Crippen LogP contribution in [0.2, 0.25) is 0 Å². The lowest BCUT2D eigenvalue weighted by molar-refractivity contribution is -0.348. The minimum atomic E-state index is -6.28. The third kappa shape index (κ3) is 4.39. The zero-order chi connectivity index (χ0) is 24.6. The number of halogens is 7. The number of hydrogen-bond acceptors (Lipinski definition) is 3. The largest absolute Gasteiger partial charge is 0.435 e. The Kier molecular flexibility index (Phi) is 6.58. The van der Waals surface area contributed by atoms with Crippen LogP contribution in [0, 0.1) is 6.92 Å². The molecule has 0 atom stereocenters. The lowest BCUT2D eigenvalue weighted by atomic mass is 9.88. The maximum absolute atomic E-state index is 14.4. The second kappa shape index (κ2) is 8.40. The van der Waals surface area contributed by atoms with E-state index in [1.807, 2.05) is 0 Å². The monoisotopic (exact) mass is 465 g/mol. The number of nitrogens with one attached hydrogen (secondary N) is 1. The second-order valence-electron chi connectivity index (χ2n) is 7.26. The number of rotatable bonds is 5. The summed E-state index contributed by atoms with van der Waals surface area (Å²) in [4.78, 5) is 28.2. The van der Waals surface area contributed by atoms with Gasteiger partial charge in [-0.2, -0.15) is 26.3 Å². The summed E-state index contributed by atoms with van der Waals surface area (Å²) in [5.74, 6) is -1.78. The molecule has 0 saturated carbocycles. The number of aryl methyl sites for hydroxylation is 1. The van der Waals surface area contributed by atoms with Crippen LogP contribution in [0.5, 0.6) is 0 Å². The summed E-state index contributed by atoms with van der Waals surface area (Å²) < 4.78 is 92.9. The molecule has 0 aliphatic rings. The van der Waals surface area contributed by atoms with Gasteiger partial charge in [0.25, 0.3) is 11.8 Å². The molecule has 3 N–H and O–H groups in total. The summed E-state index contributed by atoms with van der Waals surface area (Å²) in [6.07, 6.45) is -11.5. The topological polar surface area (TPSA) is 85.1 Å². The van der Waals surface area contributed by atoms with Gasteiger partial charge >= 0.3 is 18.0 Å². The number of primary amides is 1.